The molecule has 34 heavy (non-hydrogen) atoms. The Hall–Kier alpha value is -2.25. The van der Waals surface area contributed by atoms with Crippen molar-refractivity contribution in [2.45, 2.75) is 102 Å². The minimum absolute atomic E-state index is 0.411. The van der Waals surface area contributed by atoms with Gasteiger partial charge in [0.25, 0.3) is 0 Å². The Kier molecular flexibility index (Phi) is 8.88. The second-order valence-corrected chi connectivity index (χ2v) is 10.2. The molecule has 2 aromatic carbocycles. The molecule has 4 rings (SSSR count). The molecule has 0 aliphatic heterocycles. The molecule has 2 aliphatic rings. The van der Waals surface area contributed by atoms with Gasteiger partial charge >= 0.3 is 0 Å². The second kappa shape index (κ2) is 11.5. The van der Waals surface area contributed by atoms with Crippen molar-refractivity contribution in [1.82, 2.24) is 4.90 Å². The molecule has 1 unspecified atom stereocenters. The zero-order valence-electron chi connectivity index (χ0n) is 21.3. The largest absolute Gasteiger partial charge is 0.298 e. The summed E-state index contributed by atoms with van der Waals surface area (Å²) in [6.45, 7) is 9.20. The number of hydrogen-bond donors (Lipinski definition) is 0. The van der Waals surface area contributed by atoms with E-state index in [1.54, 1.807) is 6.07 Å². The molecule has 1 atom stereocenters. The standard InChI is InChI=1S/C28H37F2N.C2H3N/c1-4-23(31(21(2)3)20-15-22-9-6-5-7-10-22)13-14-24-25(27(29)16-17-27)11-8-12-26(24)28(30)18-19-28;1-2-3/h5-12,21,23H,4,13-20H2,1-3H3;1H3. The highest BCUT2D eigenvalue weighted by Gasteiger charge is 2.50. The van der Waals surface area contributed by atoms with Crippen LogP contribution in [0, 0.1) is 11.3 Å². The summed E-state index contributed by atoms with van der Waals surface area (Å²) in [5.74, 6) is 0. The fraction of sp³-hybridized carbons (Fsp3) is 0.567. The van der Waals surface area contributed by atoms with Gasteiger partial charge in [-0.05, 0) is 87.5 Å². The number of alkyl halides is 2. The Bertz CT molecular complexity index is 919. The summed E-state index contributed by atoms with van der Waals surface area (Å²) in [6.07, 6.45) is 6.09. The summed E-state index contributed by atoms with van der Waals surface area (Å²) in [7, 11) is 0. The smallest absolute Gasteiger partial charge is 0.136 e. The molecule has 4 heteroatoms. The lowest BCUT2D eigenvalue weighted by Gasteiger charge is -2.35. The van der Waals surface area contributed by atoms with Gasteiger partial charge in [-0.1, -0.05) is 55.5 Å². The average Bonchev–Trinajstić information content (AvgIpc) is 3.75. The van der Waals surface area contributed by atoms with Gasteiger partial charge in [-0.2, -0.15) is 5.26 Å². The number of halogens is 2. The van der Waals surface area contributed by atoms with E-state index in [9.17, 15) is 0 Å². The first-order chi connectivity index (χ1) is 16.3. The van der Waals surface area contributed by atoms with Crippen molar-refractivity contribution >= 4 is 0 Å². The van der Waals surface area contributed by atoms with Crippen molar-refractivity contribution in [3.8, 4) is 6.07 Å². The number of nitriles is 1. The Morgan fingerprint density at radius 2 is 1.44 bits per heavy atom. The maximum Gasteiger partial charge on any atom is 0.136 e. The highest BCUT2D eigenvalue weighted by Crippen LogP contribution is 2.56. The third-order valence-electron chi connectivity index (χ3n) is 7.35. The highest BCUT2D eigenvalue weighted by molar-refractivity contribution is 5.46. The van der Waals surface area contributed by atoms with Gasteiger partial charge in [0.15, 0.2) is 0 Å². The van der Waals surface area contributed by atoms with Crippen molar-refractivity contribution < 1.29 is 8.78 Å². The summed E-state index contributed by atoms with van der Waals surface area (Å²) in [5.41, 5.74) is 1.42. The van der Waals surface area contributed by atoms with Gasteiger partial charge < -0.3 is 0 Å². The fourth-order valence-corrected chi connectivity index (χ4v) is 5.13. The number of nitrogens with zero attached hydrogens (tertiary/aromatic N) is 2. The van der Waals surface area contributed by atoms with Crippen LogP contribution < -0.4 is 0 Å². The molecule has 0 N–H and O–H groups in total. The Labute approximate surface area is 205 Å². The normalized spacial score (nSPS) is 18.1. The lowest BCUT2D eigenvalue weighted by atomic mass is 9.88. The summed E-state index contributed by atoms with van der Waals surface area (Å²) >= 11 is 0. The molecule has 184 valence electrons. The molecule has 2 fully saturated rings. The first kappa shape index (κ1) is 26.4. The van der Waals surface area contributed by atoms with Gasteiger partial charge in [0.05, 0.1) is 6.07 Å². The Balaban J connectivity index is 0.00000103. The van der Waals surface area contributed by atoms with E-state index in [2.05, 4.69) is 56.0 Å². The molecule has 0 saturated heterocycles. The third-order valence-corrected chi connectivity index (χ3v) is 7.35. The van der Waals surface area contributed by atoms with E-state index in [0.29, 0.717) is 37.8 Å². The SMILES string of the molecule is CC#N.CCC(CCc1c(C2(F)CC2)cccc1C1(F)CC1)N(CCc1ccccc1)C(C)C. The highest BCUT2D eigenvalue weighted by atomic mass is 19.1. The van der Waals surface area contributed by atoms with Crippen molar-refractivity contribution in [3.63, 3.8) is 0 Å². The van der Waals surface area contributed by atoms with Crippen molar-refractivity contribution in [3.05, 3.63) is 70.8 Å². The van der Waals surface area contributed by atoms with Crippen LogP contribution in [0.1, 0.15) is 88.5 Å². The average molecular weight is 467 g/mol. The number of benzene rings is 2. The zero-order valence-corrected chi connectivity index (χ0v) is 21.3. The molecule has 0 radical (unpaired) electrons. The Morgan fingerprint density at radius 1 is 0.912 bits per heavy atom. The summed E-state index contributed by atoms with van der Waals surface area (Å²) in [5, 5.41) is 7.32. The quantitative estimate of drug-likeness (QED) is 0.338. The van der Waals surface area contributed by atoms with Crippen LogP contribution in [0.3, 0.4) is 0 Å². The van der Waals surface area contributed by atoms with Crippen molar-refractivity contribution in [2.24, 2.45) is 0 Å². The van der Waals surface area contributed by atoms with Crippen LogP contribution in [-0.4, -0.2) is 23.5 Å². The van der Waals surface area contributed by atoms with Crippen LogP contribution >= 0.6 is 0 Å². The maximum absolute atomic E-state index is 15.2. The van der Waals surface area contributed by atoms with Gasteiger partial charge in [0.2, 0.25) is 0 Å². The molecule has 0 bridgehead atoms. The maximum atomic E-state index is 15.2. The molecular weight excluding hydrogens is 426 g/mol. The van der Waals surface area contributed by atoms with E-state index >= 15 is 8.78 Å². The molecular formula is C30H40F2N2. The second-order valence-electron chi connectivity index (χ2n) is 10.2. The minimum Gasteiger partial charge on any atom is -0.298 e. The molecule has 2 nitrogen and oxygen atoms in total. The Morgan fingerprint density at radius 3 is 1.88 bits per heavy atom. The van der Waals surface area contributed by atoms with Gasteiger partial charge in [-0.3, -0.25) is 4.90 Å². The lowest BCUT2D eigenvalue weighted by molar-refractivity contribution is 0.142. The van der Waals surface area contributed by atoms with Crippen LogP contribution in [0.25, 0.3) is 0 Å². The third kappa shape index (κ3) is 6.45. The van der Waals surface area contributed by atoms with Gasteiger partial charge in [-0.15, -0.1) is 0 Å². The van der Waals surface area contributed by atoms with E-state index in [0.717, 1.165) is 48.9 Å². The summed E-state index contributed by atoms with van der Waals surface area (Å²) in [4.78, 5) is 2.58. The molecule has 2 saturated carbocycles. The fourth-order valence-electron chi connectivity index (χ4n) is 5.13. The van der Waals surface area contributed by atoms with E-state index in [-0.39, 0.29) is 0 Å². The van der Waals surface area contributed by atoms with Crippen molar-refractivity contribution in [2.75, 3.05) is 6.54 Å². The number of rotatable bonds is 11. The van der Waals surface area contributed by atoms with Crippen LogP contribution in [0.2, 0.25) is 0 Å². The van der Waals surface area contributed by atoms with E-state index in [1.165, 1.54) is 12.5 Å². The summed E-state index contributed by atoms with van der Waals surface area (Å²) in [6, 6.07) is 18.9. The van der Waals surface area contributed by atoms with Crippen LogP contribution in [0.15, 0.2) is 48.5 Å². The first-order valence-electron chi connectivity index (χ1n) is 12.9. The van der Waals surface area contributed by atoms with Gasteiger partial charge in [0, 0.05) is 25.6 Å². The van der Waals surface area contributed by atoms with Gasteiger partial charge in [0.1, 0.15) is 11.3 Å². The molecule has 0 spiro atoms. The predicted octanol–water partition coefficient (Wildman–Crippen LogP) is 7.80. The minimum atomic E-state index is -1.22. The van der Waals surface area contributed by atoms with Crippen LogP contribution in [-0.2, 0) is 24.2 Å². The summed E-state index contributed by atoms with van der Waals surface area (Å²) < 4.78 is 30.3. The molecule has 0 amide bonds. The molecule has 0 aromatic heterocycles. The van der Waals surface area contributed by atoms with E-state index < -0.39 is 11.3 Å². The lowest BCUT2D eigenvalue weighted by Crippen LogP contribution is -2.42. The molecule has 2 aromatic rings. The zero-order chi connectivity index (χ0) is 24.8. The van der Waals surface area contributed by atoms with Gasteiger partial charge in [-0.25, -0.2) is 8.78 Å². The first-order valence-corrected chi connectivity index (χ1v) is 12.9. The topological polar surface area (TPSA) is 27.0 Å². The number of hydrogen-bond acceptors (Lipinski definition) is 2. The van der Waals surface area contributed by atoms with Crippen LogP contribution in [0.5, 0.6) is 0 Å². The van der Waals surface area contributed by atoms with Crippen LogP contribution in [0.4, 0.5) is 8.78 Å². The van der Waals surface area contributed by atoms with Crippen molar-refractivity contribution in [1.29, 1.82) is 5.26 Å². The molecule has 0 heterocycles. The predicted molar refractivity (Wildman–Crippen MR) is 136 cm³/mol. The van der Waals surface area contributed by atoms with E-state index in [4.69, 9.17) is 5.26 Å². The van der Waals surface area contributed by atoms with E-state index in [1.807, 2.05) is 18.2 Å². The monoisotopic (exact) mass is 466 g/mol. The molecule has 2 aliphatic carbocycles.